The van der Waals surface area contributed by atoms with Crippen LogP contribution < -0.4 is 11.1 Å². The highest BCUT2D eigenvalue weighted by atomic mass is 19.1. The van der Waals surface area contributed by atoms with Crippen molar-refractivity contribution in [2.45, 2.75) is 0 Å². The average Bonchev–Trinajstić information content (AvgIpc) is 2.30. The summed E-state index contributed by atoms with van der Waals surface area (Å²) in [5, 5.41) is 11.6. The first-order valence-corrected chi connectivity index (χ1v) is 5.12. The summed E-state index contributed by atoms with van der Waals surface area (Å²) in [5.41, 5.74) is 6.95. The minimum Gasteiger partial charge on any atom is -0.396 e. The number of benzene rings is 2. The number of nitrogens with zero attached hydrogens (tertiary/aromatic N) is 1. The molecule has 0 aliphatic carbocycles. The maximum absolute atomic E-state index is 13.0. The van der Waals surface area contributed by atoms with Gasteiger partial charge in [-0.1, -0.05) is 6.07 Å². The fraction of sp³-hybridized carbons (Fsp3) is 0. The molecule has 18 heavy (non-hydrogen) atoms. The minimum absolute atomic E-state index is 0.231. The predicted octanol–water partition coefficient (Wildman–Crippen LogP) is 3.16. The van der Waals surface area contributed by atoms with Gasteiger partial charge in [-0.3, -0.25) is 0 Å². The van der Waals surface area contributed by atoms with Crippen molar-refractivity contribution in [2.75, 3.05) is 11.1 Å². The topological polar surface area (TPSA) is 61.8 Å². The number of para-hydroxylation sites is 1. The molecular weight excluding hydrogens is 236 g/mol. The van der Waals surface area contributed by atoms with E-state index in [1.54, 1.807) is 18.2 Å². The number of halogens is 2. The van der Waals surface area contributed by atoms with Crippen molar-refractivity contribution in [1.29, 1.82) is 5.26 Å². The summed E-state index contributed by atoms with van der Waals surface area (Å²) >= 11 is 0. The summed E-state index contributed by atoms with van der Waals surface area (Å²) in [4.78, 5) is 0. The second kappa shape index (κ2) is 4.72. The van der Waals surface area contributed by atoms with Crippen LogP contribution in [0.1, 0.15) is 5.56 Å². The third-order valence-corrected chi connectivity index (χ3v) is 2.37. The molecule has 2 aromatic carbocycles. The number of rotatable bonds is 2. The van der Waals surface area contributed by atoms with Crippen LogP contribution in [0.4, 0.5) is 25.8 Å². The van der Waals surface area contributed by atoms with Gasteiger partial charge in [0.2, 0.25) is 0 Å². The Bertz CT molecular complexity index is 612. The van der Waals surface area contributed by atoms with Gasteiger partial charge in [0.1, 0.15) is 17.7 Å². The van der Waals surface area contributed by atoms with Gasteiger partial charge in [-0.05, 0) is 24.3 Å². The first-order valence-electron chi connectivity index (χ1n) is 5.12. The smallest absolute Gasteiger partial charge is 0.128 e. The first kappa shape index (κ1) is 11.9. The third kappa shape index (κ3) is 2.38. The second-order valence-corrected chi connectivity index (χ2v) is 3.66. The normalized spacial score (nSPS) is 9.83. The van der Waals surface area contributed by atoms with Crippen LogP contribution in [0, 0.1) is 23.0 Å². The molecule has 0 aliphatic rings. The van der Waals surface area contributed by atoms with Crippen LogP contribution in [0.5, 0.6) is 0 Å². The van der Waals surface area contributed by atoms with E-state index < -0.39 is 11.6 Å². The molecule has 2 aromatic rings. The predicted molar refractivity (Wildman–Crippen MR) is 65.2 cm³/mol. The van der Waals surface area contributed by atoms with Gasteiger partial charge in [0.15, 0.2) is 0 Å². The Hall–Kier alpha value is -2.61. The van der Waals surface area contributed by atoms with Gasteiger partial charge in [0, 0.05) is 11.8 Å². The van der Waals surface area contributed by atoms with Crippen LogP contribution in [0.25, 0.3) is 0 Å². The molecule has 0 atom stereocenters. The molecular formula is C13H9F2N3. The highest BCUT2D eigenvalue weighted by Gasteiger charge is 2.06. The number of nitrogens with two attached hydrogens (primary N) is 1. The zero-order valence-electron chi connectivity index (χ0n) is 9.24. The van der Waals surface area contributed by atoms with Crippen LogP contribution >= 0.6 is 0 Å². The molecule has 90 valence electrons. The average molecular weight is 245 g/mol. The van der Waals surface area contributed by atoms with Crippen LogP contribution in [0.3, 0.4) is 0 Å². The highest BCUT2D eigenvalue weighted by molar-refractivity contribution is 5.77. The number of nitrogens with one attached hydrogen (secondary N) is 1. The number of hydrogen-bond donors (Lipinski definition) is 2. The van der Waals surface area contributed by atoms with E-state index in [-0.39, 0.29) is 11.4 Å². The van der Waals surface area contributed by atoms with E-state index in [9.17, 15) is 8.78 Å². The maximum atomic E-state index is 13.0. The van der Waals surface area contributed by atoms with E-state index >= 15 is 0 Å². The molecule has 0 fully saturated rings. The number of nitriles is 1. The van der Waals surface area contributed by atoms with Crippen LogP contribution in [0.15, 0.2) is 36.4 Å². The molecule has 2 rings (SSSR count). The van der Waals surface area contributed by atoms with Crippen LogP contribution in [-0.4, -0.2) is 0 Å². The molecule has 3 nitrogen and oxygen atoms in total. The van der Waals surface area contributed by atoms with Crippen molar-refractivity contribution < 1.29 is 8.78 Å². The number of nitrogen functional groups attached to an aromatic ring is 1. The van der Waals surface area contributed by atoms with Gasteiger partial charge in [-0.15, -0.1) is 0 Å². The second-order valence-electron chi connectivity index (χ2n) is 3.66. The van der Waals surface area contributed by atoms with E-state index in [0.29, 0.717) is 11.3 Å². The lowest BCUT2D eigenvalue weighted by Crippen LogP contribution is -1.99. The largest absolute Gasteiger partial charge is 0.396 e. The van der Waals surface area contributed by atoms with E-state index in [1.807, 2.05) is 6.07 Å². The van der Waals surface area contributed by atoms with Crippen molar-refractivity contribution in [3.05, 3.63) is 53.6 Å². The summed E-state index contributed by atoms with van der Waals surface area (Å²) in [6.07, 6.45) is 0. The van der Waals surface area contributed by atoms with E-state index in [1.165, 1.54) is 0 Å². The van der Waals surface area contributed by atoms with Crippen molar-refractivity contribution in [1.82, 2.24) is 0 Å². The summed E-state index contributed by atoms with van der Waals surface area (Å²) in [7, 11) is 0. The highest BCUT2D eigenvalue weighted by Crippen LogP contribution is 2.26. The molecule has 0 unspecified atom stereocenters. The SMILES string of the molecule is N#Cc1cccc(Nc2cc(F)cc(F)c2)c1N. The molecule has 0 bridgehead atoms. The molecule has 0 saturated heterocycles. The number of hydrogen-bond acceptors (Lipinski definition) is 3. The van der Waals surface area contributed by atoms with Gasteiger partial charge in [-0.25, -0.2) is 8.78 Å². The molecule has 0 amide bonds. The molecule has 0 aliphatic heterocycles. The Labute approximate surface area is 102 Å². The lowest BCUT2D eigenvalue weighted by Gasteiger charge is -2.10. The van der Waals surface area contributed by atoms with Gasteiger partial charge in [0.05, 0.1) is 16.9 Å². The quantitative estimate of drug-likeness (QED) is 0.799. The lowest BCUT2D eigenvalue weighted by atomic mass is 10.1. The van der Waals surface area contributed by atoms with E-state index in [2.05, 4.69) is 5.32 Å². The Balaban J connectivity index is 2.37. The monoisotopic (exact) mass is 245 g/mol. The van der Waals surface area contributed by atoms with Gasteiger partial charge in [-0.2, -0.15) is 5.26 Å². The number of anilines is 3. The van der Waals surface area contributed by atoms with Crippen molar-refractivity contribution in [3.63, 3.8) is 0 Å². The fourth-order valence-electron chi connectivity index (χ4n) is 1.55. The van der Waals surface area contributed by atoms with E-state index in [4.69, 9.17) is 11.0 Å². The molecule has 0 aromatic heterocycles. The van der Waals surface area contributed by atoms with Crippen LogP contribution in [-0.2, 0) is 0 Å². The van der Waals surface area contributed by atoms with Gasteiger partial charge in [0.25, 0.3) is 0 Å². The first-order chi connectivity index (χ1) is 8.60. The van der Waals surface area contributed by atoms with Crippen molar-refractivity contribution in [2.24, 2.45) is 0 Å². The molecule has 0 radical (unpaired) electrons. The maximum Gasteiger partial charge on any atom is 0.128 e. The molecule has 5 heteroatoms. The Morgan fingerprint density at radius 3 is 2.39 bits per heavy atom. The minimum atomic E-state index is -0.687. The van der Waals surface area contributed by atoms with Crippen molar-refractivity contribution in [3.8, 4) is 6.07 Å². The zero-order valence-corrected chi connectivity index (χ0v) is 9.24. The molecule has 0 saturated carbocycles. The third-order valence-electron chi connectivity index (χ3n) is 2.37. The summed E-state index contributed by atoms with van der Waals surface area (Å²) in [5.74, 6) is -1.37. The zero-order chi connectivity index (χ0) is 13.1. The molecule has 3 N–H and O–H groups in total. The van der Waals surface area contributed by atoms with Crippen LogP contribution in [0.2, 0.25) is 0 Å². The standard InChI is InChI=1S/C13H9F2N3/c14-9-4-10(15)6-11(5-9)18-12-3-1-2-8(7-16)13(12)17/h1-6,18H,17H2. The lowest BCUT2D eigenvalue weighted by molar-refractivity contribution is 0.584. The summed E-state index contributed by atoms with van der Waals surface area (Å²) in [6, 6.07) is 9.81. The van der Waals surface area contributed by atoms with E-state index in [0.717, 1.165) is 18.2 Å². The summed E-state index contributed by atoms with van der Waals surface area (Å²) < 4.78 is 26.0. The Kier molecular flexibility index (Phi) is 3.11. The Morgan fingerprint density at radius 2 is 1.78 bits per heavy atom. The van der Waals surface area contributed by atoms with Crippen molar-refractivity contribution >= 4 is 17.1 Å². The van der Waals surface area contributed by atoms with Gasteiger partial charge >= 0.3 is 0 Å². The van der Waals surface area contributed by atoms with Gasteiger partial charge < -0.3 is 11.1 Å². The molecule has 0 heterocycles. The Morgan fingerprint density at radius 1 is 1.11 bits per heavy atom. The molecule has 0 spiro atoms. The fourth-order valence-corrected chi connectivity index (χ4v) is 1.55. The summed E-state index contributed by atoms with van der Waals surface area (Å²) in [6.45, 7) is 0.